The molecule has 2 aromatic heterocycles. The lowest BCUT2D eigenvalue weighted by Gasteiger charge is -2.01. The standard InChI is InChI=1S/C12H14N2O/c1-8-5-4-6-14-9(2)11(7-12(8)14)13-10(3)15/h4-7H,1-3H3,(H,13,15). The maximum atomic E-state index is 11.0. The van der Waals surface area contributed by atoms with Gasteiger partial charge in [-0.2, -0.15) is 0 Å². The summed E-state index contributed by atoms with van der Waals surface area (Å²) in [6, 6.07) is 6.07. The number of carbonyl (C=O) groups is 1. The van der Waals surface area contributed by atoms with Gasteiger partial charge < -0.3 is 9.72 Å². The normalized spacial score (nSPS) is 10.6. The number of pyridine rings is 1. The Bertz CT molecular complexity index is 526. The highest BCUT2D eigenvalue weighted by Gasteiger charge is 2.07. The van der Waals surface area contributed by atoms with Gasteiger partial charge in [-0.05, 0) is 31.5 Å². The van der Waals surface area contributed by atoms with Gasteiger partial charge in [-0.3, -0.25) is 4.79 Å². The molecule has 0 saturated heterocycles. The predicted octanol–water partition coefficient (Wildman–Crippen LogP) is 2.51. The minimum Gasteiger partial charge on any atom is -0.325 e. The molecule has 0 spiro atoms. The molecule has 0 atom stereocenters. The van der Waals surface area contributed by atoms with E-state index in [2.05, 4.69) is 22.7 Å². The van der Waals surface area contributed by atoms with Gasteiger partial charge in [-0.1, -0.05) is 6.07 Å². The van der Waals surface area contributed by atoms with Crippen molar-refractivity contribution in [2.45, 2.75) is 20.8 Å². The Balaban J connectivity index is 2.64. The lowest BCUT2D eigenvalue weighted by atomic mass is 10.2. The van der Waals surface area contributed by atoms with Gasteiger partial charge in [0.25, 0.3) is 0 Å². The van der Waals surface area contributed by atoms with Crippen LogP contribution < -0.4 is 5.32 Å². The summed E-state index contributed by atoms with van der Waals surface area (Å²) in [6.45, 7) is 5.58. The van der Waals surface area contributed by atoms with Gasteiger partial charge in [-0.25, -0.2) is 0 Å². The highest BCUT2D eigenvalue weighted by molar-refractivity contribution is 5.90. The quantitative estimate of drug-likeness (QED) is 0.757. The van der Waals surface area contributed by atoms with E-state index in [1.54, 1.807) is 0 Å². The number of hydrogen-bond donors (Lipinski definition) is 1. The highest BCUT2D eigenvalue weighted by atomic mass is 16.1. The second kappa shape index (κ2) is 3.42. The molecular weight excluding hydrogens is 188 g/mol. The number of nitrogens with one attached hydrogen (secondary N) is 1. The molecule has 0 unspecified atom stereocenters. The Labute approximate surface area is 88.7 Å². The van der Waals surface area contributed by atoms with E-state index < -0.39 is 0 Å². The number of amides is 1. The van der Waals surface area contributed by atoms with Gasteiger partial charge in [0.15, 0.2) is 0 Å². The maximum Gasteiger partial charge on any atom is 0.221 e. The van der Waals surface area contributed by atoms with Crippen LogP contribution in [0.25, 0.3) is 5.52 Å². The molecular formula is C12H14N2O. The van der Waals surface area contributed by atoms with Crippen molar-refractivity contribution in [2.24, 2.45) is 0 Å². The first kappa shape index (κ1) is 9.77. The number of rotatable bonds is 1. The van der Waals surface area contributed by atoms with Crippen molar-refractivity contribution in [2.75, 3.05) is 5.32 Å². The summed E-state index contributed by atoms with van der Waals surface area (Å²) in [6.07, 6.45) is 2.00. The first-order chi connectivity index (χ1) is 7.09. The summed E-state index contributed by atoms with van der Waals surface area (Å²) in [5.74, 6) is -0.0355. The number of aromatic nitrogens is 1. The second-order valence-corrected chi connectivity index (χ2v) is 3.77. The lowest BCUT2D eigenvalue weighted by molar-refractivity contribution is -0.114. The molecule has 2 aromatic rings. The van der Waals surface area contributed by atoms with Gasteiger partial charge >= 0.3 is 0 Å². The van der Waals surface area contributed by atoms with Crippen molar-refractivity contribution in [1.29, 1.82) is 0 Å². The highest BCUT2D eigenvalue weighted by Crippen LogP contribution is 2.23. The SMILES string of the molecule is CC(=O)Nc1cc2c(C)cccn2c1C. The monoisotopic (exact) mass is 202 g/mol. The van der Waals surface area contributed by atoms with E-state index >= 15 is 0 Å². The van der Waals surface area contributed by atoms with E-state index in [1.165, 1.54) is 12.5 Å². The van der Waals surface area contributed by atoms with Gasteiger partial charge in [0.05, 0.1) is 11.2 Å². The van der Waals surface area contributed by atoms with Crippen LogP contribution in [0.4, 0.5) is 5.69 Å². The molecule has 0 bridgehead atoms. The van der Waals surface area contributed by atoms with Crippen molar-refractivity contribution < 1.29 is 4.79 Å². The summed E-state index contributed by atoms with van der Waals surface area (Å²) in [4.78, 5) is 11.0. The Hall–Kier alpha value is -1.77. The molecule has 0 radical (unpaired) electrons. The van der Waals surface area contributed by atoms with Gasteiger partial charge in [0.2, 0.25) is 5.91 Å². The lowest BCUT2D eigenvalue weighted by Crippen LogP contribution is -2.06. The minimum atomic E-state index is -0.0355. The first-order valence-electron chi connectivity index (χ1n) is 4.94. The minimum absolute atomic E-state index is 0.0355. The van der Waals surface area contributed by atoms with E-state index in [-0.39, 0.29) is 5.91 Å². The molecule has 15 heavy (non-hydrogen) atoms. The van der Waals surface area contributed by atoms with Crippen molar-refractivity contribution in [1.82, 2.24) is 4.40 Å². The van der Waals surface area contributed by atoms with E-state index in [4.69, 9.17) is 0 Å². The van der Waals surface area contributed by atoms with Crippen LogP contribution in [0, 0.1) is 13.8 Å². The molecule has 0 fully saturated rings. The van der Waals surface area contributed by atoms with Gasteiger partial charge in [0.1, 0.15) is 0 Å². The molecule has 0 saturated carbocycles. The third kappa shape index (κ3) is 1.61. The van der Waals surface area contributed by atoms with Crippen LogP contribution in [0.5, 0.6) is 0 Å². The summed E-state index contributed by atoms with van der Waals surface area (Å²) in [5.41, 5.74) is 4.29. The summed E-state index contributed by atoms with van der Waals surface area (Å²) >= 11 is 0. The van der Waals surface area contributed by atoms with Crippen molar-refractivity contribution in [3.8, 4) is 0 Å². The molecule has 3 nitrogen and oxygen atoms in total. The van der Waals surface area contributed by atoms with E-state index in [1.807, 2.05) is 25.3 Å². The van der Waals surface area contributed by atoms with Crippen LogP contribution in [0.2, 0.25) is 0 Å². The van der Waals surface area contributed by atoms with Crippen molar-refractivity contribution in [3.05, 3.63) is 35.7 Å². The van der Waals surface area contributed by atoms with Crippen LogP contribution in [-0.2, 0) is 4.79 Å². The third-order valence-electron chi connectivity index (χ3n) is 2.59. The molecule has 1 amide bonds. The van der Waals surface area contributed by atoms with E-state index in [0.717, 1.165) is 16.9 Å². The third-order valence-corrected chi connectivity index (χ3v) is 2.59. The van der Waals surface area contributed by atoms with Gasteiger partial charge in [-0.15, -0.1) is 0 Å². The second-order valence-electron chi connectivity index (χ2n) is 3.77. The summed E-state index contributed by atoms with van der Waals surface area (Å²) < 4.78 is 2.08. The average molecular weight is 202 g/mol. The number of hydrogen-bond acceptors (Lipinski definition) is 1. The molecule has 0 aliphatic rings. The summed E-state index contributed by atoms with van der Waals surface area (Å²) in [7, 11) is 0. The largest absolute Gasteiger partial charge is 0.325 e. The Morgan fingerprint density at radius 3 is 2.73 bits per heavy atom. The predicted molar refractivity (Wildman–Crippen MR) is 61.2 cm³/mol. The Morgan fingerprint density at radius 1 is 1.40 bits per heavy atom. The Morgan fingerprint density at radius 2 is 2.13 bits per heavy atom. The zero-order chi connectivity index (χ0) is 11.0. The number of nitrogens with zero attached hydrogens (tertiary/aromatic N) is 1. The molecule has 0 aromatic carbocycles. The maximum absolute atomic E-state index is 11.0. The number of aryl methyl sites for hydroxylation is 2. The zero-order valence-electron chi connectivity index (χ0n) is 9.16. The number of anilines is 1. The fourth-order valence-electron chi connectivity index (χ4n) is 1.79. The van der Waals surface area contributed by atoms with Crippen molar-refractivity contribution >= 4 is 17.1 Å². The van der Waals surface area contributed by atoms with Crippen LogP contribution >= 0.6 is 0 Å². The van der Waals surface area contributed by atoms with E-state index in [0.29, 0.717) is 0 Å². The van der Waals surface area contributed by atoms with Crippen LogP contribution in [0.1, 0.15) is 18.2 Å². The Kier molecular flexibility index (Phi) is 2.23. The number of carbonyl (C=O) groups excluding carboxylic acids is 1. The zero-order valence-corrected chi connectivity index (χ0v) is 9.16. The molecule has 3 heteroatoms. The van der Waals surface area contributed by atoms with Crippen LogP contribution in [0.3, 0.4) is 0 Å². The molecule has 2 rings (SSSR count). The topological polar surface area (TPSA) is 33.5 Å². The molecule has 0 aliphatic carbocycles. The summed E-state index contributed by atoms with van der Waals surface area (Å²) in [5, 5.41) is 2.83. The van der Waals surface area contributed by atoms with Crippen molar-refractivity contribution in [3.63, 3.8) is 0 Å². The molecule has 78 valence electrons. The molecule has 1 N–H and O–H groups in total. The molecule has 2 heterocycles. The smallest absolute Gasteiger partial charge is 0.221 e. The van der Waals surface area contributed by atoms with E-state index in [9.17, 15) is 4.79 Å². The first-order valence-corrected chi connectivity index (χ1v) is 4.94. The van der Waals surface area contributed by atoms with Crippen LogP contribution in [0.15, 0.2) is 24.4 Å². The fraction of sp³-hybridized carbons (Fsp3) is 0.250. The molecule has 0 aliphatic heterocycles. The fourth-order valence-corrected chi connectivity index (χ4v) is 1.79. The van der Waals surface area contributed by atoms with Gasteiger partial charge in [0, 0.05) is 18.8 Å². The number of fused-ring (bicyclic) bond motifs is 1. The van der Waals surface area contributed by atoms with Crippen LogP contribution in [-0.4, -0.2) is 10.3 Å². The average Bonchev–Trinajstić information content (AvgIpc) is 2.46.